The third-order valence-corrected chi connectivity index (χ3v) is 4.88. The van der Waals surface area contributed by atoms with Crippen molar-refractivity contribution in [1.29, 1.82) is 0 Å². The number of aryl methyl sites for hydroxylation is 1. The molecule has 0 radical (unpaired) electrons. The van der Waals surface area contributed by atoms with E-state index in [1.165, 1.54) is 10.5 Å². The van der Waals surface area contributed by atoms with Crippen LogP contribution in [0, 0.1) is 6.92 Å². The molecule has 2 aromatic rings. The minimum atomic E-state index is -0.411. The molecule has 23 heavy (non-hydrogen) atoms. The van der Waals surface area contributed by atoms with E-state index in [9.17, 15) is 5.11 Å². The summed E-state index contributed by atoms with van der Waals surface area (Å²) < 4.78 is 11.5. The van der Waals surface area contributed by atoms with Crippen molar-refractivity contribution in [2.75, 3.05) is 19.7 Å². The highest BCUT2D eigenvalue weighted by atomic mass is 32.2. The topological polar surface area (TPSA) is 45.8 Å². The number of hydrogen-bond acceptors (Lipinski definition) is 5. The predicted octanol–water partition coefficient (Wildman–Crippen LogP) is 3.32. The van der Waals surface area contributed by atoms with Crippen molar-refractivity contribution in [2.24, 2.45) is 0 Å². The molecular weight excluding hydrogens is 310 g/mol. The van der Waals surface area contributed by atoms with Gasteiger partial charge in [-0.1, -0.05) is 29.5 Å². The summed E-state index contributed by atoms with van der Waals surface area (Å²) in [4.78, 5) is 3.34. The van der Waals surface area contributed by atoms with Gasteiger partial charge in [-0.3, -0.25) is 4.90 Å². The van der Waals surface area contributed by atoms with E-state index >= 15 is 0 Å². The number of furan rings is 1. The zero-order valence-corrected chi connectivity index (χ0v) is 14.4. The second-order valence-electron chi connectivity index (χ2n) is 5.89. The van der Waals surface area contributed by atoms with Gasteiger partial charge in [0.15, 0.2) is 5.09 Å². The molecule has 124 valence electrons. The SMILES string of the molecule is CCOC1CN(Cc2ccc(Sc3ccc(C)cc3)o2)CC1O. The molecule has 1 aliphatic heterocycles. The van der Waals surface area contributed by atoms with Crippen LogP contribution in [0.2, 0.25) is 0 Å². The molecule has 0 bridgehead atoms. The summed E-state index contributed by atoms with van der Waals surface area (Å²) in [5.41, 5.74) is 1.26. The van der Waals surface area contributed by atoms with Crippen molar-refractivity contribution < 1.29 is 14.3 Å². The fourth-order valence-electron chi connectivity index (χ4n) is 2.78. The first kappa shape index (κ1) is 16.6. The molecular formula is C18H23NO3S. The van der Waals surface area contributed by atoms with E-state index in [0.717, 1.165) is 17.4 Å². The average Bonchev–Trinajstić information content (AvgIpc) is 3.09. The number of likely N-dealkylation sites (tertiary alicyclic amines) is 1. The largest absolute Gasteiger partial charge is 0.453 e. The summed E-state index contributed by atoms with van der Waals surface area (Å²) in [6.45, 7) is 6.75. The van der Waals surface area contributed by atoms with Crippen LogP contribution in [0.1, 0.15) is 18.2 Å². The molecule has 0 saturated carbocycles. The molecule has 2 unspecified atom stereocenters. The third kappa shape index (κ3) is 4.38. The zero-order valence-electron chi connectivity index (χ0n) is 13.6. The molecule has 1 saturated heterocycles. The number of ether oxygens (including phenoxy) is 1. The summed E-state index contributed by atoms with van der Waals surface area (Å²) >= 11 is 1.63. The Morgan fingerprint density at radius 3 is 2.74 bits per heavy atom. The van der Waals surface area contributed by atoms with E-state index in [1.54, 1.807) is 11.8 Å². The summed E-state index contributed by atoms with van der Waals surface area (Å²) in [5, 5.41) is 10.9. The average molecular weight is 333 g/mol. The highest BCUT2D eigenvalue weighted by Gasteiger charge is 2.32. The van der Waals surface area contributed by atoms with Crippen molar-refractivity contribution in [3.63, 3.8) is 0 Å². The number of aliphatic hydroxyl groups excluding tert-OH is 1. The van der Waals surface area contributed by atoms with Gasteiger partial charge in [0.25, 0.3) is 0 Å². The number of nitrogens with zero attached hydrogens (tertiary/aromatic N) is 1. The van der Waals surface area contributed by atoms with E-state index in [2.05, 4.69) is 36.1 Å². The molecule has 2 heterocycles. The van der Waals surface area contributed by atoms with Gasteiger partial charge in [0.05, 0.1) is 18.8 Å². The minimum absolute atomic E-state index is 0.0867. The monoisotopic (exact) mass is 333 g/mol. The summed E-state index contributed by atoms with van der Waals surface area (Å²) in [5.74, 6) is 0.920. The van der Waals surface area contributed by atoms with Crippen molar-refractivity contribution in [1.82, 2.24) is 4.90 Å². The molecule has 3 rings (SSSR count). The molecule has 0 spiro atoms. The molecule has 1 aliphatic rings. The normalized spacial score (nSPS) is 21.9. The van der Waals surface area contributed by atoms with Crippen LogP contribution in [-0.2, 0) is 11.3 Å². The Morgan fingerprint density at radius 1 is 1.22 bits per heavy atom. The Kier molecular flexibility index (Phi) is 5.43. The number of benzene rings is 1. The van der Waals surface area contributed by atoms with Crippen LogP contribution in [0.15, 0.2) is 50.8 Å². The second kappa shape index (κ2) is 7.53. The van der Waals surface area contributed by atoms with Crippen molar-refractivity contribution in [3.05, 3.63) is 47.7 Å². The van der Waals surface area contributed by atoms with Crippen LogP contribution >= 0.6 is 11.8 Å². The van der Waals surface area contributed by atoms with Crippen molar-refractivity contribution >= 4 is 11.8 Å². The van der Waals surface area contributed by atoms with Gasteiger partial charge in [-0.2, -0.15) is 0 Å². The summed E-state index contributed by atoms with van der Waals surface area (Å²) in [6, 6.07) is 12.4. The lowest BCUT2D eigenvalue weighted by Gasteiger charge is -2.14. The Morgan fingerprint density at radius 2 is 2.00 bits per heavy atom. The van der Waals surface area contributed by atoms with Crippen molar-refractivity contribution in [3.8, 4) is 0 Å². The fourth-order valence-corrected chi connectivity index (χ4v) is 3.57. The van der Waals surface area contributed by atoms with Gasteiger partial charge in [-0.25, -0.2) is 0 Å². The summed E-state index contributed by atoms with van der Waals surface area (Å²) in [7, 11) is 0. The molecule has 0 amide bonds. The quantitative estimate of drug-likeness (QED) is 0.879. The van der Waals surface area contributed by atoms with E-state index in [0.29, 0.717) is 19.7 Å². The lowest BCUT2D eigenvalue weighted by atomic mass is 10.2. The standard InChI is InChI=1S/C18H23NO3S/c1-3-21-17-12-19(11-16(17)20)10-14-6-9-18(22-14)23-15-7-4-13(2)5-8-15/h4-9,16-17,20H,3,10-12H2,1-2H3. The van der Waals surface area contributed by atoms with Gasteiger partial charge < -0.3 is 14.3 Å². The molecule has 1 fully saturated rings. The zero-order chi connectivity index (χ0) is 16.2. The Hall–Kier alpha value is -1.27. The van der Waals surface area contributed by atoms with E-state index < -0.39 is 6.10 Å². The Balaban J connectivity index is 1.56. The summed E-state index contributed by atoms with van der Waals surface area (Å²) in [6.07, 6.45) is -0.498. The van der Waals surface area contributed by atoms with Gasteiger partial charge in [0.2, 0.25) is 0 Å². The number of aliphatic hydroxyl groups is 1. The van der Waals surface area contributed by atoms with Crippen LogP contribution in [0.25, 0.3) is 0 Å². The van der Waals surface area contributed by atoms with Gasteiger partial charge in [0.1, 0.15) is 5.76 Å². The first-order chi connectivity index (χ1) is 11.1. The Labute approximate surface area is 141 Å². The second-order valence-corrected chi connectivity index (χ2v) is 6.97. The number of β-amino-alcohol motifs (C(OH)–C–C–N with tert-alkyl or cyclic N) is 1. The van der Waals surface area contributed by atoms with Gasteiger partial charge in [0, 0.05) is 24.6 Å². The van der Waals surface area contributed by atoms with E-state index in [4.69, 9.17) is 9.15 Å². The molecule has 5 heteroatoms. The maximum atomic E-state index is 9.99. The maximum absolute atomic E-state index is 9.99. The van der Waals surface area contributed by atoms with E-state index in [1.807, 2.05) is 19.1 Å². The first-order valence-corrected chi connectivity index (χ1v) is 8.81. The van der Waals surface area contributed by atoms with Crippen LogP contribution < -0.4 is 0 Å². The smallest absolute Gasteiger partial charge is 0.165 e. The highest BCUT2D eigenvalue weighted by molar-refractivity contribution is 7.99. The molecule has 2 atom stereocenters. The molecule has 1 N–H and O–H groups in total. The van der Waals surface area contributed by atoms with Crippen molar-refractivity contribution in [2.45, 2.75) is 42.6 Å². The predicted molar refractivity (Wildman–Crippen MR) is 90.7 cm³/mol. The third-order valence-electron chi connectivity index (χ3n) is 3.95. The maximum Gasteiger partial charge on any atom is 0.165 e. The molecule has 1 aromatic heterocycles. The number of hydrogen-bond donors (Lipinski definition) is 1. The van der Waals surface area contributed by atoms with Crippen LogP contribution in [0.5, 0.6) is 0 Å². The lowest BCUT2D eigenvalue weighted by Crippen LogP contribution is -2.26. The molecule has 4 nitrogen and oxygen atoms in total. The van der Waals surface area contributed by atoms with Gasteiger partial charge >= 0.3 is 0 Å². The van der Waals surface area contributed by atoms with Crippen LogP contribution in [-0.4, -0.2) is 41.9 Å². The first-order valence-electron chi connectivity index (χ1n) is 7.99. The van der Waals surface area contributed by atoms with Crippen LogP contribution in [0.4, 0.5) is 0 Å². The minimum Gasteiger partial charge on any atom is -0.453 e. The van der Waals surface area contributed by atoms with E-state index in [-0.39, 0.29) is 6.10 Å². The Bertz CT molecular complexity index is 625. The highest BCUT2D eigenvalue weighted by Crippen LogP contribution is 2.30. The lowest BCUT2D eigenvalue weighted by molar-refractivity contribution is -0.00247. The number of rotatable bonds is 6. The van der Waals surface area contributed by atoms with Crippen LogP contribution in [0.3, 0.4) is 0 Å². The fraction of sp³-hybridized carbons (Fsp3) is 0.444. The molecule has 0 aliphatic carbocycles. The van der Waals surface area contributed by atoms with Gasteiger partial charge in [-0.05, 0) is 38.1 Å². The molecule has 1 aromatic carbocycles. The van der Waals surface area contributed by atoms with Gasteiger partial charge in [-0.15, -0.1) is 0 Å².